The number of carboxylic acids is 1. The number of nitrogens with one attached hydrogen (secondary N) is 2. The predicted molar refractivity (Wildman–Crippen MR) is 77.0 cm³/mol. The number of fused-ring (bicyclic) bond motifs is 1. The molecule has 2 rings (SSSR count). The van der Waals surface area contributed by atoms with Gasteiger partial charge in [-0.25, -0.2) is 4.79 Å². The van der Waals surface area contributed by atoms with E-state index in [1.807, 2.05) is 26.0 Å². The minimum Gasteiger partial charge on any atom is -0.480 e. The molecular formula is C15H20N2O3. The summed E-state index contributed by atoms with van der Waals surface area (Å²) in [5.74, 6) is -1.11. The van der Waals surface area contributed by atoms with Crippen LogP contribution in [0.15, 0.2) is 18.2 Å². The molecule has 5 heteroatoms. The Kier molecular flexibility index (Phi) is 4.27. The van der Waals surface area contributed by atoms with Crippen molar-refractivity contribution in [2.45, 2.75) is 32.7 Å². The summed E-state index contributed by atoms with van der Waals surface area (Å²) in [7, 11) is 0. The van der Waals surface area contributed by atoms with E-state index in [2.05, 4.69) is 10.6 Å². The van der Waals surface area contributed by atoms with Gasteiger partial charge in [0.15, 0.2) is 0 Å². The second-order valence-electron chi connectivity index (χ2n) is 5.54. The molecule has 0 fully saturated rings. The van der Waals surface area contributed by atoms with Crippen molar-refractivity contribution in [2.24, 2.45) is 5.92 Å². The van der Waals surface area contributed by atoms with E-state index >= 15 is 0 Å². The molecule has 0 unspecified atom stereocenters. The van der Waals surface area contributed by atoms with Gasteiger partial charge in [0.05, 0.1) is 0 Å². The fourth-order valence-corrected chi connectivity index (χ4v) is 2.38. The molecule has 20 heavy (non-hydrogen) atoms. The molecule has 1 aliphatic heterocycles. The molecule has 0 saturated carbocycles. The quantitative estimate of drug-likeness (QED) is 0.767. The van der Waals surface area contributed by atoms with Crippen LogP contribution in [0.3, 0.4) is 0 Å². The summed E-state index contributed by atoms with van der Waals surface area (Å²) in [5, 5.41) is 15.0. The van der Waals surface area contributed by atoms with Crippen molar-refractivity contribution in [3.05, 3.63) is 29.3 Å². The van der Waals surface area contributed by atoms with Gasteiger partial charge in [0.2, 0.25) is 0 Å². The van der Waals surface area contributed by atoms with Gasteiger partial charge < -0.3 is 15.7 Å². The Morgan fingerprint density at radius 2 is 2.15 bits per heavy atom. The van der Waals surface area contributed by atoms with Crippen LogP contribution < -0.4 is 10.6 Å². The maximum atomic E-state index is 12.1. The zero-order valence-electron chi connectivity index (χ0n) is 11.8. The molecule has 0 radical (unpaired) electrons. The van der Waals surface area contributed by atoms with Crippen LogP contribution >= 0.6 is 0 Å². The minimum atomic E-state index is -0.991. The first-order chi connectivity index (χ1) is 9.47. The van der Waals surface area contributed by atoms with Crippen LogP contribution in [0.5, 0.6) is 0 Å². The van der Waals surface area contributed by atoms with E-state index in [0.717, 1.165) is 24.2 Å². The molecule has 0 saturated heterocycles. The molecule has 0 aromatic heterocycles. The highest BCUT2D eigenvalue weighted by atomic mass is 16.4. The number of amides is 1. The summed E-state index contributed by atoms with van der Waals surface area (Å²) in [4.78, 5) is 23.3. The van der Waals surface area contributed by atoms with Crippen molar-refractivity contribution in [1.29, 1.82) is 0 Å². The van der Waals surface area contributed by atoms with Crippen LogP contribution in [0.1, 0.15) is 36.2 Å². The lowest BCUT2D eigenvalue weighted by molar-refractivity contribution is -0.139. The lowest BCUT2D eigenvalue weighted by atomic mass is 10.0. The zero-order valence-corrected chi connectivity index (χ0v) is 11.8. The molecule has 3 N–H and O–H groups in total. The summed E-state index contributed by atoms with van der Waals surface area (Å²) >= 11 is 0. The summed E-state index contributed by atoms with van der Waals surface area (Å²) in [6.07, 6.45) is 1.32. The average molecular weight is 276 g/mol. The van der Waals surface area contributed by atoms with Crippen LogP contribution in [-0.4, -0.2) is 29.6 Å². The lowest BCUT2D eigenvalue weighted by Gasteiger charge is -2.16. The minimum absolute atomic E-state index is 0.209. The highest BCUT2D eigenvalue weighted by molar-refractivity contribution is 5.97. The molecule has 1 aromatic carbocycles. The summed E-state index contributed by atoms with van der Waals surface area (Å²) in [6.45, 7) is 4.75. The zero-order chi connectivity index (χ0) is 14.7. The molecule has 1 aromatic rings. The SMILES string of the molecule is CC(C)C[C@H](NC(=O)c1ccc2c(c1)CCN2)C(=O)O. The Labute approximate surface area is 118 Å². The van der Waals surface area contributed by atoms with Gasteiger partial charge in [0.25, 0.3) is 5.91 Å². The molecule has 1 heterocycles. The Morgan fingerprint density at radius 3 is 2.80 bits per heavy atom. The molecular weight excluding hydrogens is 256 g/mol. The van der Waals surface area contributed by atoms with Crippen molar-refractivity contribution in [3.63, 3.8) is 0 Å². The van der Waals surface area contributed by atoms with Crippen LogP contribution in [0, 0.1) is 5.92 Å². The third kappa shape index (κ3) is 3.29. The Balaban J connectivity index is 2.08. The van der Waals surface area contributed by atoms with Crippen molar-refractivity contribution < 1.29 is 14.7 Å². The van der Waals surface area contributed by atoms with Crippen LogP contribution in [0.2, 0.25) is 0 Å². The smallest absolute Gasteiger partial charge is 0.326 e. The second-order valence-corrected chi connectivity index (χ2v) is 5.54. The van der Waals surface area contributed by atoms with Crippen molar-refractivity contribution >= 4 is 17.6 Å². The second kappa shape index (κ2) is 5.94. The number of anilines is 1. The molecule has 0 bridgehead atoms. The first kappa shape index (κ1) is 14.4. The number of aliphatic carboxylic acids is 1. The standard InChI is InChI=1S/C15H20N2O3/c1-9(2)7-13(15(19)20)17-14(18)11-3-4-12-10(8-11)5-6-16-12/h3-4,8-9,13,16H,5-7H2,1-2H3,(H,17,18)(H,19,20)/t13-/m0/s1. The van der Waals surface area contributed by atoms with E-state index in [0.29, 0.717) is 12.0 Å². The predicted octanol–water partition coefficient (Wildman–Crippen LogP) is 1.88. The average Bonchev–Trinajstić information content (AvgIpc) is 2.84. The van der Waals surface area contributed by atoms with Gasteiger partial charge in [-0.1, -0.05) is 13.8 Å². The fourth-order valence-electron chi connectivity index (χ4n) is 2.38. The highest BCUT2D eigenvalue weighted by Gasteiger charge is 2.22. The van der Waals surface area contributed by atoms with Crippen molar-refractivity contribution in [1.82, 2.24) is 5.32 Å². The molecule has 0 spiro atoms. The van der Waals surface area contributed by atoms with Crippen LogP contribution in [0.25, 0.3) is 0 Å². The molecule has 1 aliphatic rings. The first-order valence-electron chi connectivity index (χ1n) is 6.88. The molecule has 108 valence electrons. The Hall–Kier alpha value is -2.04. The number of carbonyl (C=O) groups is 2. The number of rotatable bonds is 5. The normalized spacial score (nSPS) is 14.6. The Bertz CT molecular complexity index is 526. The summed E-state index contributed by atoms with van der Waals surface area (Å²) in [6, 6.07) is 4.59. The molecule has 1 amide bonds. The molecule has 1 atom stereocenters. The number of benzene rings is 1. The Morgan fingerprint density at radius 1 is 1.40 bits per heavy atom. The van der Waals surface area contributed by atoms with Crippen LogP contribution in [-0.2, 0) is 11.2 Å². The van der Waals surface area contributed by atoms with E-state index in [1.54, 1.807) is 6.07 Å². The van der Waals surface area contributed by atoms with E-state index < -0.39 is 12.0 Å². The maximum absolute atomic E-state index is 12.1. The highest BCUT2D eigenvalue weighted by Crippen LogP contribution is 2.23. The van der Waals surface area contributed by atoms with Gasteiger partial charge >= 0.3 is 5.97 Å². The maximum Gasteiger partial charge on any atom is 0.326 e. The largest absolute Gasteiger partial charge is 0.480 e. The van der Waals surface area contributed by atoms with E-state index in [4.69, 9.17) is 5.11 Å². The summed E-state index contributed by atoms with van der Waals surface area (Å²) < 4.78 is 0. The van der Waals surface area contributed by atoms with E-state index in [1.165, 1.54) is 0 Å². The monoisotopic (exact) mass is 276 g/mol. The van der Waals surface area contributed by atoms with E-state index in [9.17, 15) is 9.59 Å². The van der Waals surface area contributed by atoms with Gasteiger partial charge in [-0.3, -0.25) is 4.79 Å². The summed E-state index contributed by atoms with van der Waals surface area (Å²) in [5.41, 5.74) is 2.68. The van der Waals surface area contributed by atoms with Gasteiger partial charge in [-0.05, 0) is 42.5 Å². The third-order valence-electron chi connectivity index (χ3n) is 3.39. The van der Waals surface area contributed by atoms with Crippen molar-refractivity contribution in [3.8, 4) is 0 Å². The van der Waals surface area contributed by atoms with Gasteiger partial charge in [0.1, 0.15) is 6.04 Å². The van der Waals surface area contributed by atoms with E-state index in [-0.39, 0.29) is 11.8 Å². The van der Waals surface area contributed by atoms with Gasteiger partial charge in [-0.2, -0.15) is 0 Å². The number of carbonyl (C=O) groups excluding carboxylic acids is 1. The first-order valence-corrected chi connectivity index (χ1v) is 6.88. The fraction of sp³-hybridized carbons (Fsp3) is 0.467. The molecule has 5 nitrogen and oxygen atoms in total. The molecule has 0 aliphatic carbocycles. The van der Waals surface area contributed by atoms with Crippen LogP contribution in [0.4, 0.5) is 5.69 Å². The lowest BCUT2D eigenvalue weighted by Crippen LogP contribution is -2.41. The number of hydrogen-bond donors (Lipinski definition) is 3. The van der Waals surface area contributed by atoms with Crippen molar-refractivity contribution in [2.75, 3.05) is 11.9 Å². The van der Waals surface area contributed by atoms with Gasteiger partial charge in [-0.15, -0.1) is 0 Å². The van der Waals surface area contributed by atoms with Gasteiger partial charge in [0, 0.05) is 17.8 Å². The third-order valence-corrected chi connectivity index (χ3v) is 3.39. The number of hydrogen-bond acceptors (Lipinski definition) is 3. The number of carboxylic acid groups (broad SMARTS) is 1. The topological polar surface area (TPSA) is 78.4 Å².